The van der Waals surface area contributed by atoms with Crippen molar-refractivity contribution in [2.75, 3.05) is 44.4 Å². The van der Waals surface area contributed by atoms with Gasteiger partial charge in [-0.15, -0.1) is 23.5 Å². The van der Waals surface area contributed by atoms with E-state index in [9.17, 15) is 28.8 Å². The lowest BCUT2D eigenvalue weighted by molar-refractivity contribution is -0.145. The van der Waals surface area contributed by atoms with Crippen molar-refractivity contribution in [3.05, 3.63) is 12.7 Å². The lowest BCUT2D eigenvalue weighted by Gasteiger charge is -2.26. The van der Waals surface area contributed by atoms with Crippen molar-refractivity contribution in [2.24, 2.45) is 5.92 Å². The fourth-order valence-corrected chi connectivity index (χ4v) is 7.27. The number of ether oxygens (including phenoxy) is 2. The Morgan fingerprint density at radius 2 is 1.77 bits per heavy atom. The molecule has 14 heteroatoms. The molecule has 2 aliphatic heterocycles. The lowest BCUT2D eigenvalue weighted by Crippen LogP contribution is -2.54. The maximum atomic E-state index is 13.4. The number of rotatable bonds is 14. The molecule has 2 aliphatic rings. The van der Waals surface area contributed by atoms with Crippen molar-refractivity contribution >= 4 is 59.1 Å². The van der Waals surface area contributed by atoms with Gasteiger partial charge in [-0.25, -0.2) is 4.79 Å². The van der Waals surface area contributed by atoms with Crippen LogP contribution < -0.4 is 16.0 Å². The van der Waals surface area contributed by atoms with E-state index < -0.39 is 54.2 Å². The zero-order valence-corrected chi connectivity index (χ0v) is 24.3. The number of hydrogen-bond donors (Lipinski definition) is 3. The fraction of sp³-hybridized carbons (Fsp3) is 0.680. The molecule has 2 atom stereocenters. The van der Waals surface area contributed by atoms with E-state index in [-0.39, 0.29) is 36.2 Å². The number of carbonyl (C=O) groups excluding carboxylic acids is 6. The van der Waals surface area contributed by atoms with E-state index in [0.717, 1.165) is 11.5 Å². The molecule has 218 valence electrons. The predicted octanol–water partition coefficient (Wildman–Crippen LogP) is 0.845. The molecule has 1 unspecified atom stereocenters. The minimum absolute atomic E-state index is 0.0273. The standard InChI is InChI=1S/C25H38N4O8S2/c1-5-7-17(21(32)23(34)26-13-20(31)36-8-6-2)28-22(33)18-11-25(38-9-10-39-25)15-29(18)19(30)12-27-24(35)37-14-16(3)4/h6,16-18H,2,5,7-15H2,1,3-4H3,(H,26,34)(H,27,35)(H,28,33)/t17?,18-/m0/s1. The van der Waals surface area contributed by atoms with Crippen LogP contribution in [0.25, 0.3) is 0 Å². The van der Waals surface area contributed by atoms with Gasteiger partial charge in [0.1, 0.15) is 25.7 Å². The van der Waals surface area contributed by atoms with Crippen LogP contribution in [0.1, 0.15) is 40.0 Å². The van der Waals surface area contributed by atoms with E-state index in [1.54, 1.807) is 30.4 Å². The number of thioether (sulfide) groups is 2. The summed E-state index contributed by atoms with van der Waals surface area (Å²) in [6.45, 7) is 8.65. The lowest BCUT2D eigenvalue weighted by atomic mass is 10.1. The van der Waals surface area contributed by atoms with Crippen LogP contribution in [0.3, 0.4) is 0 Å². The third-order valence-electron chi connectivity index (χ3n) is 5.85. The van der Waals surface area contributed by atoms with E-state index in [1.165, 1.54) is 11.0 Å². The Morgan fingerprint density at radius 3 is 2.38 bits per heavy atom. The van der Waals surface area contributed by atoms with Crippen LogP contribution in [0.5, 0.6) is 0 Å². The van der Waals surface area contributed by atoms with Gasteiger partial charge in [0, 0.05) is 24.5 Å². The van der Waals surface area contributed by atoms with Gasteiger partial charge in [0.2, 0.25) is 17.6 Å². The van der Waals surface area contributed by atoms with Crippen molar-refractivity contribution in [1.82, 2.24) is 20.9 Å². The first kappa shape index (κ1) is 32.5. The number of nitrogens with zero attached hydrogens (tertiary/aromatic N) is 1. The summed E-state index contributed by atoms with van der Waals surface area (Å²) in [5.41, 5.74) is 0. The smallest absolute Gasteiger partial charge is 0.407 e. The molecule has 2 fully saturated rings. The average Bonchev–Trinajstić information content (AvgIpc) is 3.53. The van der Waals surface area contributed by atoms with Gasteiger partial charge in [0.05, 0.1) is 16.7 Å². The first-order chi connectivity index (χ1) is 18.5. The van der Waals surface area contributed by atoms with Crippen molar-refractivity contribution < 1.29 is 38.2 Å². The molecule has 4 amide bonds. The minimum Gasteiger partial charge on any atom is -0.460 e. The van der Waals surface area contributed by atoms with Crippen LogP contribution in [-0.2, 0) is 33.4 Å². The summed E-state index contributed by atoms with van der Waals surface area (Å²) < 4.78 is 9.46. The average molecular weight is 587 g/mol. The van der Waals surface area contributed by atoms with Crippen LogP contribution in [0.15, 0.2) is 12.7 Å². The number of nitrogens with one attached hydrogen (secondary N) is 3. The highest BCUT2D eigenvalue weighted by atomic mass is 32.2. The van der Waals surface area contributed by atoms with Crippen LogP contribution in [0.2, 0.25) is 0 Å². The van der Waals surface area contributed by atoms with E-state index in [4.69, 9.17) is 9.47 Å². The molecule has 0 aromatic heterocycles. The number of likely N-dealkylation sites (tertiary alicyclic amines) is 1. The topological polar surface area (TPSA) is 160 Å². The normalized spacial score (nSPS) is 18.4. The molecule has 0 saturated carbocycles. The third kappa shape index (κ3) is 10.1. The Bertz CT molecular complexity index is 939. The fourth-order valence-electron chi connectivity index (χ4n) is 4.01. The quantitative estimate of drug-likeness (QED) is 0.151. The summed E-state index contributed by atoms with van der Waals surface area (Å²) >= 11 is 3.36. The maximum Gasteiger partial charge on any atom is 0.407 e. The number of esters is 1. The Morgan fingerprint density at radius 1 is 1.08 bits per heavy atom. The molecular weight excluding hydrogens is 548 g/mol. The van der Waals surface area contributed by atoms with Crippen LogP contribution in [0, 0.1) is 5.92 Å². The highest BCUT2D eigenvalue weighted by Crippen LogP contribution is 2.51. The second-order valence-corrected chi connectivity index (χ2v) is 12.8. The van der Waals surface area contributed by atoms with Gasteiger partial charge in [0.15, 0.2) is 0 Å². The molecule has 2 rings (SSSR count). The van der Waals surface area contributed by atoms with Crippen LogP contribution >= 0.6 is 23.5 Å². The number of alkyl carbamates (subject to hydrolysis) is 1. The van der Waals surface area contributed by atoms with E-state index in [0.29, 0.717) is 19.4 Å². The number of carbonyl (C=O) groups is 6. The van der Waals surface area contributed by atoms with Crippen molar-refractivity contribution in [3.63, 3.8) is 0 Å². The second-order valence-electron chi connectivity index (χ2n) is 9.56. The van der Waals surface area contributed by atoms with Gasteiger partial charge in [-0.2, -0.15) is 0 Å². The molecule has 0 bridgehead atoms. The Balaban J connectivity index is 2.06. The number of Topliss-reactive ketones (excluding diaryl/α,β-unsaturated/α-hetero) is 1. The SMILES string of the molecule is C=CCOC(=O)CNC(=O)C(=O)C(CCC)NC(=O)[C@@H]1CC2(CN1C(=O)CNC(=O)OCC(C)C)SCCS2. The van der Waals surface area contributed by atoms with Gasteiger partial charge in [-0.1, -0.05) is 39.8 Å². The Labute approximate surface area is 237 Å². The third-order valence-corrected chi connectivity index (χ3v) is 9.28. The van der Waals surface area contributed by atoms with Gasteiger partial charge in [0.25, 0.3) is 5.91 Å². The van der Waals surface area contributed by atoms with E-state index in [2.05, 4.69) is 22.5 Å². The first-order valence-corrected chi connectivity index (χ1v) is 14.9. The molecule has 2 heterocycles. The summed E-state index contributed by atoms with van der Waals surface area (Å²) in [6.07, 6.45) is 1.71. The van der Waals surface area contributed by atoms with Crippen molar-refractivity contribution in [3.8, 4) is 0 Å². The predicted molar refractivity (Wildman–Crippen MR) is 148 cm³/mol. The molecule has 1 spiro atoms. The van der Waals surface area contributed by atoms with Gasteiger partial charge >= 0.3 is 12.1 Å². The summed E-state index contributed by atoms with van der Waals surface area (Å²) in [5, 5.41) is 7.30. The van der Waals surface area contributed by atoms with Crippen molar-refractivity contribution in [2.45, 2.75) is 56.2 Å². The maximum absolute atomic E-state index is 13.4. The monoisotopic (exact) mass is 586 g/mol. The minimum atomic E-state index is -1.13. The Hall–Kier alpha value is -2.74. The zero-order chi connectivity index (χ0) is 29.0. The van der Waals surface area contributed by atoms with Crippen LogP contribution in [-0.4, -0.2) is 101 Å². The second kappa shape index (κ2) is 15.8. The Kier molecular flexibility index (Phi) is 13.1. The number of amides is 4. The van der Waals surface area contributed by atoms with E-state index >= 15 is 0 Å². The number of ketones is 1. The molecule has 3 N–H and O–H groups in total. The summed E-state index contributed by atoms with van der Waals surface area (Å²) in [6, 6.07) is -2.01. The largest absolute Gasteiger partial charge is 0.460 e. The summed E-state index contributed by atoms with van der Waals surface area (Å²) in [7, 11) is 0. The highest BCUT2D eigenvalue weighted by Gasteiger charge is 2.51. The van der Waals surface area contributed by atoms with Gasteiger partial charge in [-0.05, 0) is 12.3 Å². The van der Waals surface area contributed by atoms with Crippen molar-refractivity contribution in [1.29, 1.82) is 0 Å². The van der Waals surface area contributed by atoms with E-state index in [1.807, 2.05) is 13.8 Å². The molecule has 0 radical (unpaired) electrons. The number of hydrogen-bond acceptors (Lipinski definition) is 10. The zero-order valence-electron chi connectivity index (χ0n) is 22.6. The highest BCUT2D eigenvalue weighted by molar-refractivity contribution is 8.21. The van der Waals surface area contributed by atoms with Gasteiger partial charge in [-0.3, -0.25) is 24.0 Å². The molecule has 0 aromatic carbocycles. The molecule has 39 heavy (non-hydrogen) atoms. The molecule has 0 aromatic rings. The van der Waals surface area contributed by atoms with Gasteiger partial charge < -0.3 is 30.3 Å². The molecule has 0 aliphatic carbocycles. The van der Waals surface area contributed by atoms with Crippen LogP contribution in [0.4, 0.5) is 4.79 Å². The first-order valence-electron chi connectivity index (χ1n) is 12.9. The summed E-state index contributed by atoms with van der Waals surface area (Å²) in [5.74, 6) is -1.75. The molecule has 2 saturated heterocycles. The summed E-state index contributed by atoms with van der Waals surface area (Å²) in [4.78, 5) is 76.7. The molecule has 12 nitrogen and oxygen atoms in total. The molecular formula is C25H38N4O8S2.